The number of ether oxygens (including phenoxy) is 2. The van der Waals surface area contributed by atoms with Crippen molar-refractivity contribution in [2.75, 3.05) is 31.6 Å². The molecule has 2 aromatic rings. The Morgan fingerprint density at radius 2 is 1.88 bits per heavy atom. The van der Waals surface area contributed by atoms with Gasteiger partial charge in [0.05, 0.1) is 6.54 Å². The Labute approximate surface area is 151 Å². The molecule has 1 atom stereocenters. The predicted octanol–water partition coefficient (Wildman–Crippen LogP) is 3.37. The summed E-state index contributed by atoms with van der Waals surface area (Å²) in [6, 6.07) is 12.0. The maximum atomic E-state index is 13.0. The largest absolute Gasteiger partial charge is 0.486 e. The summed E-state index contributed by atoms with van der Waals surface area (Å²) >= 11 is 0. The molecular weight excluding hydrogens is 335 g/mol. The van der Waals surface area contributed by atoms with Crippen molar-refractivity contribution < 1.29 is 18.7 Å². The number of likely N-dealkylation sites (tertiary alicyclic amines) is 1. The van der Waals surface area contributed by atoms with E-state index in [4.69, 9.17) is 9.47 Å². The molecule has 0 bridgehead atoms. The summed E-state index contributed by atoms with van der Waals surface area (Å²) in [5, 5.41) is 2.83. The van der Waals surface area contributed by atoms with E-state index in [1.165, 1.54) is 12.1 Å². The zero-order chi connectivity index (χ0) is 17.9. The van der Waals surface area contributed by atoms with Gasteiger partial charge in [0, 0.05) is 11.7 Å². The Morgan fingerprint density at radius 1 is 1.12 bits per heavy atom. The molecule has 2 heterocycles. The molecule has 0 aliphatic carbocycles. The Kier molecular flexibility index (Phi) is 4.75. The second-order valence-corrected chi connectivity index (χ2v) is 6.59. The van der Waals surface area contributed by atoms with Crippen molar-refractivity contribution in [3.05, 3.63) is 53.8 Å². The van der Waals surface area contributed by atoms with E-state index in [1.54, 1.807) is 12.1 Å². The highest BCUT2D eigenvalue weighted by atomic mass is 19.1. The highest BCUT2D eigenvalue weighted by Gasteiger charge is 2.28. The van der Waals surface area contributed by atoms with Gasteiger partial charge in [0.2, 0.25) is 5.91 Å². The molecule has 0 spiro atoms. The number of hydrogen-bond acceptors (Lipinski definition) is 4. The lowest BCUT2D eigenvalue weighted by Gasteiger charge is -2.26. The summed E-state index contributed by atoms with van der Waals surface area (Å²) < 4.78 is 24.2. The number of anilines is 1. The molecule has 5 nitrogen and oxygen atoms in total. The first-order valence-corrected chi connectivity index (χ1v) is 8.88. The molecule has 1 N–H and O–H groups in total. The third-order valence-electron chi connectivity index (χ3n) is 4.79. The third-order valence-corrected chi connectivity index (χ3v) is 4.79. The highest BCUT2D eigenvalue weighted by Crippen LogP contribution is 2.37. The van der Waals surface area contributed by atoms with Crippen LogP contribution in [0.4, 0.5) is 10.1 Å². The minimum Gasteiger partial charge on any atom is -0.486 e. The Bertz CT molecular complexity index is 794. The molecule has 0 saturated carbocycles. The molecule has 0 unspecified atom stereocenters. The summed E-state index contributed by atoms with van der Waals surface area (Å²) in [5.74, 6) is 1.14. The molecular formula is C20H21FN2O3. The molecule has 26 heavy (non-hydrogen) atoms. The van der Waals surface area contributed by atoms with Gasteiger partial charge in [-0.25, -0.2) is 4.39 Å². The number of fused-ring (bicyclic) bond motifs is 1. The lowest BCUT2D eigenvalue weighted by Crippen LogP contribution is -2.33. The van der Waals surface area contributed by atoms with Crippen LogP contribution in [0.1, 0.15) is 24.4 Å². The molecule has 2 aromatic carbocycles. The average molecular weight is 356 g/mol. The van der Waals surface area contributed by atoms with Crippen LogP contribution < -0.4 is 14.8 Å². The van der Waals surface area contributed by atoms with Crippen LogP contribution in [0.25, 0.3) is 0 Å². The standard InChI is InChI=1S/C20H21FN2O3/c21-15-4-6-16(7-5-15)22-20(24)13-23-9-1-2-17(23)14-3-8-18-19(12-14)26-11-10-25-18/h3-8,12,17H,1-2,9-11,13H2,(H,22,24)/t17-/m0/s1. The minimum atomic E-state index is -0.318. The number of benzene rings is 2. The van der Waals surface area contributed by atoms with E-state index >= 15 is 0 Å². The Hall–Kier alpha value is -2.60. The number of halogens is 1. The first kappa shape index (κ1) is 16.8. The van der Waals surface area contributed by atoms with Crippen LogP contribution in [-0.4, -0.2) is 37.1 Å². The molecule has 0 radical (unpaired) electrons. The Morgan fingerprint density at radius 3 is 2.69 bits per heavy atom. The maximum Gasteiger partial charge on any atom is 0.238 e. The van der Waals surface area contributed by atoms with E-state index in [9.17, 15) is 9.18 Å². The molecule has 2 aliphatic heterocycles. The summed E-state index contributed by atoms with van der Waals surface area (Å²) in [6.45, 7) is 2.31. The fourth-order valence-corrected chi connectivity index (χ4v) is 3.58. The summed E-state index contributed by atoms with van der Waals surface area (Å²) in [4.78, 5) is 14.5. The average Bonchev–Trinajstić information content (AvgIpc) is 3.11. The van der Waals surface area contributed by atoms with Gasteiger partial charge in [-0.2, -0.15) is 0 Å². The van der Waals surface area contributed by atoms with Gasteiger partial charge in [0.25, 0.3) is 0 Å². The second-order valence-electron chi connectivity index (χ2n) is 6.59. The SMILES string of the molecule is O=C(CN1CCC[C@H]1c1ccc2c(c1)OCCO2)Nc1ccc(F)cc1. The zero-order valence-corrected chi connectivity index (χ0v) is 14.4. The predicted molar refractivity (Wildman–Crippen MR) is 96.0 cm³/mol. The van der Waals surface area contributed by atoms with Crippen LogP contribution in [-0.2, 0) is 4.79 Å². The number of amides is 1. The van der Waals surface area contributed by atoms with Crippen molar-refractivity contribution in [3.8, 4) is 11.5 Å². The van der Waals surface area contributed by atoms with Crippen LogP contribution in [0, 0.1) is 5.82 Å². The minimum absolute atomic E-state index is 0.0962. The molecule has 1 fully saturated rings. The molecule has 136 valence electrons. The van der Waals surface area contributed by atoms with Gasteiger partial charge in [0.1, 0.15) is 19.0 Å². The van der Waals surface area contributed by atoms with E-state index in [-0.39, 0.29) is 17.8 Å². The lowest BCUT2D eigenvalue weighted by molar-refractivity contribution is -0.117. The van der Waals surface area contributed by atoms with E-state index < -0.39 is 0 Å². The first-order chi connectivity index (χ1) is 12.7. The van der Waals surface area contributed by atoms with Gasteiger partial charge in [0.15, 0.2) is 11.5 Å². The lowest BCUT2D eigenvalue weighted by atomic mass is 10.0. The molecule has 0 aromatic heterocycles. The number of rotatable bonds is 4. The van der Waals surface area contributed by atoms with Crippen molar-refractivity contribution in [1.29, 1.82) is 0 Å². The van der Waals surface area contributed by atoms with E-state index in [0.29, 0.717) is 25.4 Å². The van der Waals surface area contributed by atoms with Crippen LogP contribution >= 0.6 is 0 Å². The summed E-state index contributed by atoms with van der Waals surface area (Å²) in [6.07, 6.45) is 2.05. The van der Waals surface area contributed by atoms with E-state index in [2.05, 4.69) is 10.2 Å². The number of hydrogen-bond donors (Lipinski definition) is 1. The van der Waals surface area contributed by atoms with Crippen molar-refractivity contribution >= 4 is 11.6 Å². The van der Waals surface area contributed by atoms with Gasteiger partial charge in [-0.15, -0.1) is 0 Å². The van der Waals surface area contributed by atoms with Crippen molar-refractivity contribution in [2.24, 2.45) is 0 Å². The van der Waals surface area contributed by atoms with Gasteiger partial charge in [-0.3, -0.25) is 9.69 Å². The van der Waals surface area contributed by atoms with Crippen molar-refractivity contribution in [2.45, 2.75) is 18.9 Å². The van der Waals surface area contributed by atoms with Crippen molar-refractivity contribution in [1.82, 2.24) is 4.90 Å². The molecule has 4 rings (SSSR count). The fourth-order valence-electron chi connectivity index (χ4n) is 3.58. The fraction of sp³-hybridized carbons (Fsp3) is 0.350. The second kappa shape index (κ2) is 7.33. The Balaban J connectivity index is 1.43. The summed E-state index contributed by atoms with van der Waals surface area (Å²) in [7, 11) is 0. The maximum absolute atomic E-state index is 13.0. The quantitative estimate of drug-likeness (QED) is 0.913. The third kappa shape index (κ3) is 3.65. The van der Waals surface area contributed by atoms with Crippen LogP contribution in [0.2, 0.25) is 0 Å². The first-order valence-electron chi connectivity index (χ1n) is 8.88. The van der Waals surface area contributed by atoms with Crippen LogP contribution in [0.15, 0.2) is 42.5 Å². The highest BCUT2D eigenvalue weighted by molar-refractivity contribution is 5.92. The van der Waals surface area contributed by atoms with Crippen LogP contribution in [0.3, 0.4) is 0 Å². The van der Waals surface area contributed by atoms with Gasteiger partial charge < -0.3 is 14.8 Å². The van der Waals surface area contributed by atoms with Gasteiger partial charge >= 0.3 is 0 Å². The number of carbonyl (C=O) groups is 1. The van der Waals surface area contributed by atoms with E-state index in [0.717, 1.165) is 36.4 Å². The van der Waals surface area contributed by atoms with Gasteiger partial charge in [-0.1, -0.05) is 6.07 Å². The molecule has 6 heteroatoms. The van der Waals surface area contributed by atoms with Crippen LogP contribution in [0.5, 0.6) is 11.5 Å². The topological polar surface area (TPSA) is 50.8 Å². The molecule has 2 aliphatic rings. The smallest absolute Gasteiger partial charge is 0.238 e. The number of nitrogens with zero attached hydrogens (tertiary/aromatic N) is 1. The normalized spacial score (nSPS) is 19.3. The molecule has 1 saturated heterocycles. The molecule has 1 amide bonds. The zero-order valence-electron chi connectivity index (χ0n) is 14.4. The van der Waals surface area contributed by atoms with Crippen molar-refractivity contribution in [3.63, 3.8) is 0 Å². The summed E-state index contributed by atoms with van der Waals surface area (Å²) in [5.41, 5.74) is 1.74. The van der Waals surface area contributed by atoms with E-state index in [1.807, 2.05) is 18.2 Å². The number of carbonyl (C=O) groups excluding carboxylic acids is 1. The monoisotopic (exact) mass is 356 g/mol. The van der Waals surface area contributed by atoms with Gasteiger partial charge in [-0.05, 0) is 61.3 Å². The number of nitrogens with one attached hydrogen (secondary N) is 1.